The summed E-state index contributed by atoms with van der Waals surface area (Å²) in [6.45, 7) is 0. The van der Waals surface area contributed by atoms with Gasteiger partial charge in [0.25, 0.3) is 0 Å². The lowest BCUT2D eigenvalue weighted by atomic mass is 10.2. The zero-order valence-electron chi connectivity index (χ0n) is 8.43. The van der Waals surface area contributed by atoms with Crippen molar-refractivity contribution in [1.82, 2.24) is 9.97 Å². The molecule has 0 aliphatic heterocycles. The van der Waals surface area contributed by atoms with Crippen molar-refractivity contribution in [3.63, 3.8) is 0 Å². The molecule has 1 aromatic heterocycles. The molecular weight excluding hydrogens is 286 g/mol. The number of rotatable bonds is 3. The van der Waals surface area contributed by atoms with Crippen LogP contribution in [0.1, 0.15) is 5.56 Å². The number of anilines is 1. The van der Waals surface area contributed by atoms with Gasteiger partial charge in [-0.2, -0.15) is 0 Å². The molecule has 3 nitrogen and oxygen atoms in total. The molecular formula is C11H10BrN3S. The topological polar surface area (TPSA) is 51.8 Å². The second-order valence-electron chi connectivity index (χ2n) is 3.19. The van der Waals surface area contributed by atoms with E-state index in [1.54, 1.807) is 30.4 Å². The fourth-order valence-electron chi connectivity index (χ4n) is 1.20. The number of hydrogen-bond donors (Lipinski definition) is 1. The van der Waals surface area contributed by atoms with Gasteiger partial charge in [0.05, 0.1) is 6.20 Å². The second-order valence-corrected chi connectivity index (χ2v) is 5.04. The zero-order valence-corrected chi connectivity index (χ0v) is 10.8. The van der Waals surface area contributed by atoms with E-state index >= 15 is 0 Å². The minimum atomic E-state index is 0.761. The molecule has 0 spiro atoms. The van der Waals surface area contributed by atoms with Gasteiger partial charge >= 0.3 is 0 Å². The van der Waals surface area contributed by atoms with Crippen LogP contribution in [0.15, 0.2) is 46.3 Å². The molecule has 0 bridgehead atoms. The van der Waals surface area contributed by atoms with E-state index < -0.39 is 0 Å². The Labute approximate surface area is 107 Å². The molecule has 1 aromatic carbocycles. The van der Waals surface area contributed by atoms with Crippen molar-refractivity contribution in [3.05, 3.63) is 46.8 Å². The highest BCUT2D eigenvalue weighted by molar-refractivity contribution is 9.10. The number of aromatic nitrogens is 2. The summed E-state index contributed by atoms with van der Waals surface area (Å²) in [6.07, 6.45) is 5.12. The molecule has 0 saturated carbocycles. The van der Waals surface area contributed by atoms with Crippen molar-refractivity contribution in [2.24, 2.45) is 0 Å². The highest BCUT2D eigenvalue weighted by atomic mass is 79.9. The summed E-state index contributed by atoms with van der Waals surface area (Å²) < 4.78 is 0.931. The van der Waals surface area contributed by atoms with Crippen LogP contribution in [-0.2, 0) is 5.75 Å². The minimum Gasteiger partial charge on any atom is -0.398 e. The van der Waals surface area contributed by atoms with Gasteiger partial charge in [-0.15, -0.1) is 11.8 Å². The highest BCUT2D eigenvalue weighted by Crippen LogP contribution is 2.24. The Bertz CT molecular complexity index is 476. The summed E-state index contributed by atoms with van der Waals surface area (Å²) >= 11 is 5.01. The summed E-state index contributed by atoms with van der Waals surface area (Å²) in [5.41, 5.74) is 7.74. The number of hydrogen-bond acceptors (Lipinski definition) is 4. The third-order valence-corrected chi connectivity index (χ3v) is 3.69. The molecule has 82 valence electrons. The molecule has 2 rings (SSSR count). The molecule has 0 aliphatic carbocycles. The van der Waals surface area contributed by atoms with Gasteiger partial charge in [-0.25, -0.2) is 4.98 Å². The van der Waals surface area contributed by atoms with E-state index in [4.69, 9.17) is 5.73 Å². The molecule has 5 heteroatoms. The molecule has 0 radical (unpaired) electrons. The highest BCUT2D eigenvalue weighted by Gasteiger charge is 2.00. The lowest BCUT2D eigenvalue weighted by Crippen LogP contribution is -1.89. The lowest BCUT2D eigenvalue weighted by molar-refractivity contribution is 1.05. The fourth-order valence-corrected chi connectivity index (χ4v) is 2.21. The smallest absolute Gasteiger partial charge is 0.115 e. The molecule has 0 unspecified atom stereocenters. The average Bonchev–Trinajstić information content (AvgIpc) is 2.32. The Balaban J connectivity index is 2.03. The normalized spacial score (nSPS) is 10.3. The minimum absolute atomic E-state index is 0.761. The maximum absolute atomic E-state index is 5.81. The summed E-state index contributed by atoms with van der Waals surface area (Å²) in [7, 11) is 0. The van der Waals surface area contributed by atoms with E-state index in [0.717, 1.165) is 20.9 Å². The first-order valence-electron chi connectivity index (χ1n) is 4.68. The van der Waals surface area contributed by atoms with Gasteiger partial charge in [0.2, 0.25) is 0 Å². The molecule has 0 fully saturated rings. The average molecular weight is 296 g/mol. The van der Waals surface area contributed by atoms with Gasteiger partial charge in [-0.05, 0) is 33.6 Å². The van der Waals surface area contributed by atoms with Gasteiger partial charge in [0, 0.05) is 28.3 Å². The number of nitrogens with two attached hydrogens (primary N) is 1. The van der Waals surface area contributed by atoms with Crippen molar-refractivity contribution in [2.75, 3.05) is 5.73 Å². The molecule has 1 heterocycles. The number of benzene rings is 1. The van der Waals surface area contributed by atoms with Crippen molar-refractivity contribution in [1.29, 1.82) is 0 Å². The van der Waals surface area contributed by atoms with Gasteiger partial charge in [-0.3, -0.25) is 4.98 Å². The Morgan fingerprint density at radius 1 is 1.31 bits per heavy atom. The Kier molecular flexibility index (Phi) is 3.79. The third kappa shape index (κ3) is 2.96. The summed E-state index contributed by atoms with van der Waals surface area (Å²) in [5, 5.41) is 0.920. The SMILES string of the molecule is Nc1cc(CSc2cnccn2)ccc1Br. The van der Waals surface area contributed by atoms with Gasteiger partial charge in [0.15, 0.2) is 0 Å². The van der Waals surface area contributed by atoms with E-state index in [1.165, 1.54) is 5.56 Å². The van der Waals surface area contributed by atoms with Crippen LogP contribution in [-0.4, -0.2) is 9.97 Å². The lowest BCUT2D eigenvalue weighted by Gasteiger charge is -2.03. The Hall–Kier alpha value is -1.07. The van der Waals surface area contributed by atoms with E-state index in [9.17, 15) is 0 Å². The first kappa shape index (κ1) is 11.4. The predicted molar refractivity (Wildman–Crippen MR) is 70.1 cm³/mol. The molecule has 2 aromatic rings. The van der Waals surface area contributed by atoms with Gasteiger partial charge in [0.1, 0.15) is 5.03 Å². The summed E-state index contributed by atoms with van der Waals surface area (Å²) in [4.78, 5) is 8.21. The Morgan fingerprint density at radius 2 is 2.19 bits per heavy atom. The first-order valence-corrected chi connectivity index (χ1v) is 6.46. The largest absolute Gasteiger partial charge is 0.398 e. The van der Waals surface area contributed by atoms with Crippen molar-refractivity contribution >= 4 is 33.4 Å². The molecule has 0 atom stereocenters. The van der Waals surface area contributed by atoms with Crippen LogP contribution in [0.3, 0.4) is 0 Å². The van der Waals surface area contributed by atoms with Crippen molar-refractivity contribution in [3.8, 4) is 0 Å². The maximum atomic E-state index is 5.81. The van der Waals surface area contributed by atoms with Crippen LogP contribution < -0.4 is 5.73 Å². The van der Waals surface area contributed by atoms with E-state index in [2.05, 4.69) is 25.9 Å². The Morgan fingerprint density at radius 3 is 2.88 bits per heavy atom. The van der Waals surface area contributed by atoms with Crippen molar-refractivity contribution < 1.29 is 0 Å². The van der Waals surface area contributed by atoms with Crippen molar-refractivity contribution in [2.45, 2.75) is 10.8 Å². The van der Waals surface area contributed by atoms with Gasteiger partial charge in [-0.1, -0.05) is 6.07 Å². The molecule has 0 aliphatic rings. The number of thioether (sulfide) groups is 1. The zero-order chi connectivity index (χ0) is 11.4. The van der Waals surface area contributed by atoms with E-state index in [-0.39, 0.29) is 0 Å². The molecule has 16 heavy (non-hydrogen) atoms. The van der Waals surface area contributed by atoms with Crippen LogP contribution in [0, 0.1) is 0 Å². The first-order chi connectivity index (χ1) is 7.75. The maximum Gasteiger partial charge on any atom is 0.115 e. The standard InChI is InChI=1S/C11H10BrN3S/c12-9-2-1-8(5-10(9)13)7-16-11-6-14-3-4-15-11/h1-6H,7,13H2. The van der Waals surface area contributed by atoms with Gasteiger partial charge < -0.3 is 5.73 Å². The van der Waals surface area contributed by atoms with Crippen LogP contribution >= 0.6 is 27.7 Å². The fraction of sp³-hybridized carbons (Fsp3) is 0.0909. The summed E-state index contributed by atoms with van der Waals surface area (Å²) in [6, 6.07) is 5.97. The van der Waals surface area contributed by atoms with Crippen LogP contribution in [0.2, 0.25) is 0 Å². The van der Waals surface area contributed by atoms with E-state index in [0.29, 0.717) is 0 Å². The third-order valence-electron chi connectivity index (χ3n) is 1.99. The molecule has 0 saturated heterocycles. The van der Waals surface area contributed by atoms with E-state index in [1.807, 2.05) is 18.2 Å². The monoisotopic (exact) mass is 295 g/mol. The number of nitrogen functional groups attached to an aromatic ring is 1. The van der Waals surface area contributed by atoms with Crippen LogP contribution in [0.4, 0.5) is 5.69 Å². The number of halogens is 1. The molecule has 0 amide bonds. The van der Waals surface area contributed by atoms with Crippen LogP contribution in [0.25, 0.3) is 0 Å². The van der Waals surface area contributed by atoms with Crippen LogP contribution in [0.5, 0.6) is 0 Å². The predicted octanol–water partition coefficient (Wildman–Crippen LogP) is 3.11. The summed E-state index contributed by atoms with van der Waals surface area (Å²) in [5.74, 6) is 0.843. The quantitative estimate of drug-likeness (QED) is 0.698. The number of nitrogens with zero attached hydrogens (tertiary/aromatic N) is 2. The second kappa shape index (κ2) is 5.32. The molecule has 2 N–H and O–H groups in total.